The van der Waals surface area contributed by atoms with Crippen LogP contribution in [0.4, 0.5) is 0 Å². The van der Waals surface area contributed by atoms with Crippen molar-refractivity contribution in [3.05, 3.63) is 0 Å². The fourth-order valence-corrected chi connectivity index (χ4v) is 2.23. The number of carbonyl (C=O) groups excluding carboxylic acids is 2. The van der Waals surface area contributed by atoms with Crippen molar-refractivity contribution in [2.45, 2.75) is 46.1 Å². The van der Waals surface area contributed by atoms with Crippen LogP contribution in [0.2, 0.25) is 0 Å². The van der Waals surface area contributed by atoms with Crippen LogP contribution in [-0.4, -0.2) is 42.4 Å². The summed E-state index contributed by atoms with van der Waals surface area (Å²) in [5.41, 5.74) is 5.64. The number of nitrogens with two attached hydrogens (primary N) is 1. The number of amides is 2. The van der Waals surface area contributed by atoms with Gasteiger partial charge in [-0.15, -0.1) is 0 Å². The highest BCUT2D eigenvalue weighted by Gasteiger charge is 2.29. The van der Waals surface area contributed by atoms with Crippen LogP contribution in [0.5, 0.6) is 0 Å². The third kappa shape index (κ3) is 3.98. The second-order valence-corrected chi connectivity index (χ2v) is 5.76. The molecule has 2 amide bonds. The minimum atomic E-state index is -0.344. The van der Waals surface area contributed by atoms with Gasteiger partial charge < -0.3 is 16.0 Å². The standard InChI is InChI=1S/C13H25N3O2/c1-10-12(18)15-8-9-16(10)11(17)4-5-13(2,3)6-7-14/h10H,4-9,14H2,1-3H3,(H,15,18). The Hall–Kier alpha value is -1.10. The van der Waals surface area contributed by atoms with Crippen LogP contribution in [0, 0.1) is 5.41 Å². The Kier molecular flexibility index (Phi) is 5.14. The maximum atomic E-state index is 12.1. The molecule has 104 valence electrons. The Morgan fingerprint density at radius 2 is 2.17 bits per heavy atom. The number of rotatable bonds is 5. The van der Waals surface area contributed by atoms with E-state index < -0.39 is 0 Å². The third-order valence-corrected chi connectivity index (χ3v) is 3.66. The topological polar surface area (TPSA) is 75.4 Å². The van der Waals surface area contributed by atoms with E-state index in [1.54, 1.807) is 11.8 Å². The average Bonchev–Trinajstić information content (AvgIpc) is 2.30. The van der Waals surface area contributed by atoms with Gasteiger partial charge >= 0.3 is 0 Å². The Morgan fingerprint density at radius 3 is 2.78 bits per heavy atom. The molecule has 1 aliphatic rings. The highest BCUT2D eigenvalue weighted by Crippen LogP contribution is 2.26. The summed E-state index contributed by atoms with van der Waals surface area (Å²) in [7, 11) is 0. The molecular formula is C13H25N3O2. The predicted octanol–water partition coefficient (Wildman–Crippen LogP) is 0.489. The SMILES string of the molecule is CC1C(=O)NCCN1C(=O)CCC(C)(C)CCN. The second-order valence-electron chi connectivity index (χ2n) is 5.76. The van der Waals surface area contributed by atoms with Crippen LogP contribution >= 0.6 is 0 Å². The Labute approximate surface area is 109 Å². The minimum Gasteiger partial charge on any atom is -0.353 e. The van der Waals surface area contributed by atoms with E-state index in [9.17, 15) is 9.59 Å². The lowest BCUT2D eigenvalue weighted by molar-refractivity contribution is -0.142. The average molecular weight is 255 g/mol. The second kappa shape index (κ2) is 6.18. The van der Waals surface area contributed by atoms with E-state index in [1.807, 2.05) is 0 Å². The molecule has 0 aromatic carbocycles. The van der Waals surface area contributed by atoms with Gasteiger partial charge in [-0.3, -0.25) is 9.59 Å². The van der Waals surface area contributed by atoms with Gasteiger partial charge in [0.05, 0.1) is 0 Å². The largest absolute Gasteiger partial charge is 0.353 e. The van der Waals surface area contributed by atoms with Gasteiger partial charge in [0.15, 0.2) is 0 Å². The Balaban J connectivity index is 2.47. The summed E-state index contributed by atoms with van der Waals surface area (Å²) in [4.78, 5) is 25.3. The zero-order valence-corrected chi connectivity index (χ0v) is 11.7. The van der Waals surface area contributed by atoms with E-state index in [2.05, 4.69) is 19.2 Å². The normalized spacial score (nSPS) is 20.8. The number of nitrogens with one attached hydrogen (secondary N) is 1. The van der Waals surface area contributed by atoms with Crippen LogP contribution in [0.25, 0.3) is 0 Å². The first-order valence-electron chi connectivity index (χ1n) is 6.64. The molecule has 0 aromatic heterocycles. The van der Waals surface area contributed by atoms with Crippen molar-refractivity contribution in [2.24, 2.45) is 11.1 Å². The monoisotopic (exact) mass is 255 g/mol. The highest BCUT2D eigenvalue weighted by atomic mass is 16.2. The molecule has 1 atom stereocenters. The summed E-state index contributed by atoms with van der Waals surface area (Å²) in [5.74, 6) is 0.0123. The highest BCUT2D eigenvalue weighted by molar-refractivity contribution is 5.88. The maximum Gasteiger partial charge on any atom is 0.242 e. The van der Waals surface area contributed by atoms with Crippen molar-refractivity contribution in [1.29, 1.82) is 0 Å². The number of nitrogens with zero attached hydrogens (tertiary/aromatic N) is 1. The van der Waals surface area contributed by atoms with Crippen molar-refractivity contribution in [1.82, 2.24) is 10.2 Å². The molecule has 5 heteroatoms. The molecule has 1 fully saturated rings. The smallest absolute Gasteiger partial charge is 0.242 e. The molecule has 1 aliphatic heterocycles. The summed E-state index contributed by atoms with van der Waals surface area (Å²) >= 11 is 0. The molecule has 0 saturated carbocycles. The van der Waals surface area contributed by atoms with Gasteiger partial charge in [-0.2, -0.15) is 0 Å². The molecule has 3 N–H and O–H groups in total. The summed E-state index contributed by atoms with van der Waals surface area (Å²) < 4.78 is 0. The molecule has 0 bridgehead atoms. The van der Waals surface area contributed by atoms with Crippen LogP contribution in [0.15, 0.2) is 0 Å². The third-order valence-electron chi connectivity index (χ3n) is 3.66. The van der Waals surface area contributed by atoms with Gasteiger partial charge in [0.2, 0.25) is 11.8 Å². The molecule has 0 aromatic rings. The number of piperazine rings is 1. The van der Waals surface area contributed by atoms with E-state index in [1.165, 1.54) is 0 Å². The fourth-order valence-electron chi connectivity index (χ4n) is 2.23. The van der Waals surface area contributed by atoms with E-state index in [-0.39, 0.29) is 23.3 Å². The number of hydrogen-bond acceptors (Lipinski definition) is 3. The lowest BCUT2D eigenvalue weighted by atomic mass is 9.84. The quantitative estimate of drug-likeness (QED) is 0.750. The lowest BCUT2D eigenvalue weighted by Crippen LogP contribution is -2.55. The van der Waals surface area contributed by atoms with Gasteiger partial charge in [0, 0.05) is 19.5 Å². The molecule has 5 nitrogen and oxygen atoms in total. The predicted molar refractivity (Wildman–Crippen MR) is 70.9 cm³/mol. The first kappa shape index (κ1) is 15.0. The zero-order chi connectivity index (χ0) is 13.8. The molecule has 0 radical (unpaired) electrons. The molecular weight excluding hydrogens is 230 g/mol. The van der Waals surface area contributed by atoms with Crippen molar-refractivity contribution in [3.63, 3.8) is 0 Å². The van der Waals surface area contributed by atoms with Crippen LogP contribution in [0.1, 0.15) is 40.0 Å². The Bertz CT molecular complexity index is 315. The van der Waals surface area contributed by atoms with E-state index >= 15 is 0 Å². The Morgan fingerprint density at radius 1 is 1.50 bits per heavy atom. The lowest BCUT2D eigenvalue weighted by Gasteiger charge is -2.34. The first-order chi connectivity index (χ1) is 8.37. The molecule has 0 spiro atoms. The van der Waals surface area contributed by atoms with Crippen molar-refractivity contribution in [3.8, 4) is 0 Å². The van der Waals surface area contributed by atoms with Gasteiger partial charge in [-0.05, 0) is 31.7 Å². The van der Waals surface area contributed by atoms with Gasteiger partial charge in [-0.25, -0.2) is 0 Å². The van der Waals surface area contributed by atoms with Gasteiger partial charge in [0.25, 0.3) is 0 Å². The molecule has 0 aliphatic carbocycles. The molecule has 1 saturated heterocycles. The summed E-state index contributed by atoms with van der Waals surface area (Å²) in [5, 5.41) is 2.76. The minimum absolute atomic E-state index is 0.0594. The molecule has 1 rings (SSSR count). The van der Waals surface area contributed by atoms with Crippen LogP contribution < -0.4 is 11.1 Å². The summed E-state index contributed by atoms with van der Waals surface area (Å²) in [6.07, 6.45) is 2.22. The van der Waals surface area contributed by atoms with Crippen LogP contribution in [0.3, 0.4) is 0 Å². The fraction of sp³-hybridized carbons (Fsp3) is 0.846. The van der Waals surface area contributed by atoms with Crippen molar-refractivity contribution < 1.29 is 9.59 Å². The molecule has 1 heterocycles. The van der Waals surface area contributed by atoms with Crippen LogP contribution in [-0.2, 0) is 9.59 Å². The van der Waals surface area contributed by atoms with E-state index in [4.69, 9.17) is 5.73 Å². The van der Waals surface area contributed by atoms with Crippen molar-refractivity contribution in [2.75, 3.05) is 19.6 Å². The van der Waals surface area contributed by atoms with E-state index in [0.717, 1.165) is 12.8 Å². The maximum absolute atomic E-state index is 12.1. The molecule has 1 unspecified atom stereocenters. The zero-order valence-electron chi connectivity index (χ0n) is 11.7. The van der Waals surface area contributed by atoms with Gasteiger partial charge in [-0.1, -0.05) is 13.8 Å². The van der Waals surface area contributed by atoms with E-state index in [0.29, 0.717) is 26.1 Å². The number of carbonyl (C=O) groups is 2. The van der Waals surface area contributed by atoms with Gasteiger partial charge in [0.1, 0.15) is 6.04 Å². The first-order valence-corrected chi connectivity index (χ1v) is 6.64. The number of hydrogen-bond donors (Lipinski definition) is 2. The molecule has 18 heavy (non-hydrogen) atoms. The summed E-state index contributed by atoms with van der Waals surface area (Å²) in [6.45, 7) is 7.84. The van der Waals surface area contributed by atoms with Crippen molar-refractivity contribution >= 4 is 11.8 Å². The summed E-state index contributed by atoms with van der Waals surface area (Å²) in [6, 6.07) is -0.344.